The highest BCUT2D eigenvalue weighted by molar-refractivity contribution is 7.95. The number of aliphatic hydroxyl groups is 1. The quantitative estimate of drug-likeness (QED) is 0.242. The maximum atomic E-state index is 14.2. The van der Waals surface area contributed by atoms with E-state index in [2.05, 4.69) is 0 Å². The fourth-order valence-electron chi connectivity index (χ4n) is 3.97. The Hall–Kier alpha value is -4.07. The lowest BCUT2D eigenvalue weighted by Crippen LogP contribution is -2.16. The molecule has 0 spiro atoms. The van der Waals surface area contributed by atoms with E-state index in [-0.39, 0.29) is 21.1 Å². The van der Waals surface area contributed by atoms with Crippen molar-refractivity contribution in [2.75, 3.05) is 0 Å². The third-order valence-electron chi connectivity index (χ3n) is 5.94. The number of benzene rings is 4. The van der Waals surface area contributed by atoms with Gasteiger partial charge in [0.1, 0.15) is 6.10 Å². The monoisotopic (exact) mass is 499 g/mol. The number of non-ortho nitro benzene ring substituents is 1. The van der Waals surface area contributed by atoms with Crippen LogP contribution in [-0.4, -0.2) is 18.4 Å². The molecule has 1 unspecified atom stereocenters. The third-order valence-corrected chi connectivity index (χ3v) is 7.84. The van der Waals surface area contributed by atoms with Gasteiger partial charge in [-0.25, -0.2) is 8.42 Å². The first-order chi connectivity index (χ1) is 17.2. The van der Waals surface area contributed by atoms with Gasteiger partial charge in [-0.2, -0.15) is 0 Å². The summed E-state index contributed by atoms with van der Waals surface area (Å²) in [7, 11) is -4.20. The summed E-state index contributed by atoms with van der Waals surface area (Å²) in [4.78, 5) is 10.4. The molecule has 0 saturated heterocycles. The van der Waals surface area contributed by atoms with Crippen molar-refractivity contribution in [2.24, 2.45) is 0 Å². The molecule has 6 nitrogen and oxygen atoms in total. The van der Waals surface area contributed by atoms with Gasteiger partial charge in [-0.05, 0) is 54.8 Å². The Morgan fingerprint density at radius 1 is 0.750 bits per heavy atom. The first kappa shape index (κ1) is 25.0. The Kier molecular flexibility index (Phi) is 7.15. The molecule has 0 radical (unpaired) electrons. The summed E-state index contributed by atoms with van der Waals surface area (Å²) in [5, 5.41) is 22.7. The van der Waals surface area contributed by atoms with Gasteiger partial charge in [0.25, 0.3) is 5.69 Å². The Bertz CT molecular complexity index is 1510. The van der Waals surface area contributed by atoms with E-state index >= 15 is 0 Å². The lowest BCUT2D eigenvalue weighted by molar-refractivity contribution is -0.384. The van der Waals surface area contributed by atoms with Gasteiger partial charge < -0.3 is 5.11 Å². The molecule has 0 fully saturated rings. The van der Waals surface area contributed by atoms with Gasteiger partial charge in [-0.1, -0.05) is 77.9 Å². The van der Waals surface area contributed by atoms with Gasteiger partial charge >= 0.3 is 0 Å². The summed E-state index contributed by atoms with van der Waals surface area (Å²) in [6.07, 6.45) is -1.58. The molecule has 0 bridgehead atoms. The topological polar surface area (TPSA) is 97.5 Å². The van der Waals surface area contributed by atoms with Crippen molar-refractivity contribution in [1.29, 1.82) is 0 Å². The predicted octanol–water partition coefficient (Wildman–Crippen LogP) is 6.18. The van der Waals surface area contributed by atoms with Crippen molar-refractivity contribution in [3.8, 4) is 0 Å². The molecule has 36 heavy (non-hydrogen) atoms. The molecule has 0 aromatic heterocycles. The van der Waals surface area contributed by atoms with Gasteiger partial charge in [0.15, 0.2) is 0 Å². The van der Waals surface area contributed by atoms with E-state index in [1.807, 2.05) is 44.2 Å². The molecule has 4 rings (SSSR count). The van der Waals surface area contributed by atoms with E-state index in [0.717, 1.165) is 11.1 Å². The molecule has 0 heterocycles. The number of nitro benzene ring substituents is 1. The molecule has 182 valence electrons. The van der Waals surface area contributed by atoms with Crippen molar-refractivity contribution in [3.63, 3.8) is 0 Å². The third kappa shape index (κ3) is 5.12. The molecule has 0 aliphatic heterocycles. The number of hydrogen-bond donors (Lipinski definition) is 1. The molecule has 4 aromatic carbocycles. The van der Waals surface area contributed by atoms with Gasteiger partial charge in [-0.3, -0.25) is 10.1 Å². The summed E-state index contributed by atoms with van der Waals surface area (Å²) < 4.78 is 28.3. The number of hydrogen-bond acceptors (Lipinski definition) is 5. The van der Waals surface area contributed by atoms with Crippen LogP contribution in [0.1, 0.15) is 33.9 Å². The van der Waals surface area contributed by atoms with Crippen LogP contribution in [0.15, 0.2) is 113 Å². The van der Waals surface area contributed by atoms with E-state index in [9.17, 15) is 23.6 Å². The largest absolute Gasteiger partial charge is 0.383 e. The van der Waals surface area contributed by atoms with Crippen molar-refractivity contribution in [2.45, 2.75) is 24.8 Å². The maximum Gasteiger partial charge on any atom is 0.269 e. The fourth-order valence-corrected chi connectivity index (χ4v) is 5.65. The van der Waals surface area contributed by atoms with Crippen molar-refractivity contribution >= 4 is 21.1 Å². The molecule has 1 atom stereocenters. The zero-order chi connectivity index (χ0) is 25.9. The normalized spacial score (nSPS) is 13.1. The zero-order valence-electron chi connectivity index (χ0n) is 19.8. The van der Waals surface area contributed by atoms with E-state index in [4.69, 9.17) is 0 Å². The molecule has 7 heteroatoms. The minimum absolute atomic E-state index is 0.0459. The second-order valence-electron chi connectivity index (χ2n) is 8.54. The maximum absolute atomic E-state index is 14.2. The Labute approximate surface area is 210 Å². The molecule has 0 aliphatic rings. The minimum Gasteiger partial charge on any atom is -0.383 e. The summed E-state index contributed by atoms with van der Waals surface area (Å²) in [6, 6.07) is 28.2. The molecular weight excluding hydrogens is 474 g/mol. The number of sulfone groups is 1. The number of nitro groups is 1. The SMILES string of the molecule is Cc1ccc(/C(=C(/C(O)c2ccc([N+](=O)[O-])cc2)S(=O)(=O)c2ccc(C)cc2)c2ccccc2)cc1. The molecule has 0 amide bonds. The van der Waals surface area contributed by atoms with Crippen molar-refractivity contribution in [1.82, 2.24) is 0 Å². The molecule has 0 aliphatic carbocycles. The van der Waals surface area contributed by atoms with Crippen LogP contribution in [0.25, 0.3) is 5.57 Å². The first-order valence-electron chi connectivity index (χ1n) is 11.3. The van der Waals surface area contributed by atoms with Crippen molar-refractivity contribution in [3.05, 3.63) is 146 Å². The van der Waals surface area contributed by atoms with Crippen LogP contribution in [0.5, 0.6) is 0 Å². The van der Waals surface area contributed by atoms with Crippen molar-refractivity contribution < 1.29 is 18.4 Å². The second-order valence-corrected chi connectivity index (χ2v) is 10.5. The summed E-state index contributed by atoms with van der Waals surface area (Å²) >= 11 is 0. The standard InChI is InChI=1S/C29H25NO5S/c1-20-8-12-23(13-9-20)27(22-6-4-3-5-7-22)29(36(34,35)26-18-10-21(2)11-19-26)28(31)24-14-16-25(17-15-24)30(32)33/h3-19,28,31H,1-2H3/b29-27-. The van der Waals surface area contributed by atoms with Crippen LogP contribution in [0, 0.1) is 24.0 Å². The molecule has 4 aromatic rings. The Balaban J connectivity index is 2.06. The Morgan fingerprint density at radius 3 is 1.78 bits per heavy atom. The number of aryl methyl sites for hydroxylation is 2. The molecular formula is C29H25NO5S. The number of aliphatic hydroxyl groups excluding tert-OH is 1. The van der Waals surface area contributed by atoms with Gasteiger partial charge in [0, 0.05) is 17.7 Å². The van der Waals surface area contributed by atoms with Gasteiger partial charge in [0.2, 0.25) is 9.84 Å². The van der Waals surface area contributed by atoms with Crippen LogP contribution in [0.2, 0.25) is 0 Å². The average molecular weight is 500 g/mol. The van der Waals surface area contributed by atoms with Crippen LogP contribution < -0.4 is 0 Å². The smallest absolute Gasteiger partial charge is 0.269 e. The van der Waals surface area contributed by atoms with Crippen LogP contribution in [-0.2, 0) is 9.84 Å². The van der Waals surface area contributed by atoms with Crippen LogP contribution in [0.3, 0.4) is 0 Å². The van der Waals surface area contributed by atoms with E-state index in [0.29, 0.717) is 16.7 Å². The van der Waals surface area contributed by atoms with E-state index in [1.165, 1.54) is 36.4 Å². The fraction of sp³-hybridized carbons (Fsp3) is 0.103. The zero-order valence-corrected chi connectivity index (χ0v) is 20.6. The number of nitrogens with zero attached hydrogens (tertiary/aromatic N) is 1. The summed E-state index contributed by atoms with van der Waals surface area (Å²) in [6.45, 7) is 3.80. The lowest BCUT2D eigenvalue weighted by Gasteiger charge is -2.22. The molecule has 0 saturated carbocycles. The minimum atomic E-state index is -4.20. The average Bonchev–Trinajstić information content (AvgIpc) is 2.88. The highest BCUT2D eigenvalue weighted by atomic mass is 32.2. The van der Waals surface area contributed by atoms with Crippen LogP contribution in [0.4, 0.5) is 5.69 Å². The van der Waals surface area contributed by atoms with E-state index in [1.54, 1.807) is 36.4 Å². The number of rotatable bonds is 7. The second kappa shape index (κ2) is 10.3. The van der Waals surface area contributed by atoms with Gasteiger partial charge in [0.05, 0.1) is 14.7 Å². The first-order valence-corrected chi connectivity index (χ1v) is 12.8. The molecule has 1 N–H and O–H groups in total. The van der Waals surface area contributed by atoms with Gasteiger partial charge in [-0.15, -0.1) is 0 Å². The van der Waals surface area contributed by atoms with Crippen LogP contribution >= 0.6 is 0 Å². The summed E-state index contributed by atoms with van der Waals surface area (Å²) in [5.41, 5.74) is 3.59. The highest BCUT2D eigenvalue weighted by Crippen LogP contribution is 2.40. The Morgan fingerprint density at radius 2 is 1.25 bits per heavy atom. The summed E-state index contributed by atoms with van der Waals surface area (Å²) in [5.74, 6) is 0. The lowest BCUT2D eigenvalue weighted by atomic mass is 9.94. The predicted molar refractivity (Wildman–Crippen MR) is 140 cm³/mol. The highest BCUT2D eigenvalue weighted by Gasteiger charge is 2.33. The van der Waals surface area contributed by atoms with E-state index < -0.39 is 20.9 Å².